The van der Waals surface area contributed by atoms with Gasteiger partial charge in [-0.05, 0) is 43.5 Å². The van der Waals surface area contributed by atoms with Crippen LogP contribution in [0.3, 0.4) is 0 Å². The van der Waals surface area contributed by atoms with E-state index in [2.05, 4.69) is 38.3 Å². The monoisotopic (exact) mass is 310 g/mol. The van der Waals surface area contributed by atoms with Gasteiger partial charge in [0.2, 0.25) is 0 Å². The molecular formula is C18H22N4O. The van der Waals surface area contributed by atoms with Crippen molar-refractivity contribution in [2.75, 3.05) is 19.7 Å². The second-order valence-corrected chi connectivity index (χ2v) is 6.44. The number of fused-ring (bicyclic) bond motifs is 2. The molecule has 23 heavy (non-hydrogen) atoms. The highest BCUT2D eigenvalue weighted by molar-refractivity contribution is 5.62. The van der Waals surface area contributed by atoms with Crippen molar-refractivity contribution in [2.24, 2.45) is 5.92 Å². The minimum Gasteiger partial charge on any atom is -0.489 e. The zero-order chi connectivity index (χ0) is 15.6. The third kappa shape index (κ3) is 3.01. The number of para-hydroxylation sites is 1. The predicted octanol–water partition coefficient (Wildman–Crippen LogP) is 2.21. The Labute approximate surface area is 136 Å². The van der Waals surface area contributed by atoms with Crippen molar-refractivity contribution in [1.29, 1.82) is 0 Å². The van der Waals surface area contributed by atoms with Gasteiger partial charge in [-0.1, -0.05) is 18.2 Å². The van der Waals surface area contributed by atoms with E-state index in [1.54, 1.807) is 0 Å². The molecule has 0 amide bonds. The van der Waals surface area contributed by atoms with E-state index < -0.39 is 0 Å². The van der Waals surface area contributed by atoms with Crippen molar-refractivity contribution in [3.8, 4) is 5.75 Å². The Bertz CT molecular complexity index is 734. The Morgan fingerprint density at radius 3 is 3.17 bits per heavy atom. The molecule has 120 valence electrons. The molecule has 5 nitrogen and oxygen atoms in total. The number of hydrogen-bond donors (Lipinski definition) is 1. The van der Waals surface area contributed by atoms with Crippen molar-refractivity contribution < 1.29 is 4.74 Å². The molecule has 0 saturated heterocycles. The van der Waals surface area contributed by atoms with Gasteiger partial charge in [-0.15, -0.1) is 10.2 Å². The fraction of sp³-hybridized carbons (Fsp3) is 0.444. The van der Waals surface area contributed by atoms with Gasteiger partial charge < -0.3 is 14.6 Å². The van der Waals surface area contributed by atoms with Crippen LogP contribution in [-0.4, -0.2) is 34.5 Å². The van der Waals surface area contributed by atoms with E-state index in [0.717, 1.165) is 43.5 Å². The molecule has 0 fully saturated rings. The molecule has 4 rings (SSSR count). The maximum atomic E-state index is 5.80. The van der Waals surface area contributed by atoms with Gasteiger partial charge in [0.15, 0.2) is 0 Å². The Kier molecular flexibility index (Phi) is 3.87. The first kappa shape index (κ1) is 14.5. The van der Waals surface area contributed by atoms with E-state index in [1.807, 2.05) is 19.1 Å². The lowest BCUT2D eigenvalue weighted by Gasteiger charge is -2.25. The summed E-state index contributed by atoms with van der Waals surface area (Å²) in [5, 5.41) is 12.0. The highest BCUT2D eigenvalue weighted by Crippen LogP contribution is 2.25. The highest BCUT2D eigenvalue weighted by atomic mass is 16.5. The minimum absolute atomic E-state index is 0.648. The molecule has 2 aromatic rings. The van der Waals surface area contributed by atoms with Crippen LogP contribution in [0.5, 0.6) is 5.75 Å². The minimum atomic E-state index is 0.648. The van der Waals surface area contributed by atoms with Crippen molar-refractivity contribution in [2.45, 2.75) is 26.3 Å². The molecule has 0 unspecified atom stereocenters. The van der Waals surface area contributed by atoms with Crippen molar-refractivity contribution in [3.05, 3.63) is 47.1 Å². The summed E-state index contributed by atoms with van der Waals surface area (Å²) in [4.78, 5) is 0. The topological polar surface area (TPSA) is 52.0 Å². The van der Waals surface area contributed by atoms with Crippen molar-refractivity contribution >= 4 is 6.08 Å². The van der Waals surface area contributed by atoms with Gasteiger partial charge in [0.05, 0.1) is 0 Å². The third-order valence-electron chi connectivity index (χ3n) is 4.71. The smallest absolute Gasteiger partial charge is 0.133 e. The number of nitrogens with zero attached hydrogens (tertiary/aromatic N) is 3. The quantitative estimate of drug-likeness (QED) is 0.941. The zero-order valence-electron chi connectivity index (χ0n) is 13.5. The standard InChI is InChI=1S/C18H22N4O/c1-13-20-21-18-7-6-14(11-22(13)18)9-19-10-15-8-16-4-2-3-5-17(16)23-12-15/h2-5,8,14,19H,6-7,9-12H2,1H3/t14-/m0/s1. The van der Waals surface area contributed by atoms with Gasteiger partial charge in [-0.25, -0.2) is 0 Å². The van der Waals surface area contributed by atoms with E-state index >= 15 is 0 Å². The number of hydrogen-bond acceptors (Lipinski definition) is 4. The molecule has 0 aliphatic carbocycles. The van der Waals surface area contributed by atoms with Crippen LogP contribution in [0.2, 0.25) is 0 Å². The Hall–Kier alpha value is -2.14. The summed E-state index contributed by atoms with van der Waals surface area (Å²) in [6, 6.07) is 8.19. The molecule has 0 spiro atoms. The summed E-state index contributed by atoms with van der Waals surface area (Å²) in [7, 11) is 0. The van der Waals surface area contributed by atoms with Crippen molar-refractivity contribution in [3.63, 3.8) is 0 Å². The van der Waals surface area contributed by atoms with Crippen LogP contribution in [-0.2, 0) is 13.0 Å². The second-order valence-electron chi connectivity index (χ2n) is 6.44. The molecule has 1 atom stereocenters. The first-order chi connectivity index (χ1) is 11.3. The van der Waals surface area contributed by atoms with Crippen LogP contribution in [0.15, 0.2) is 29.8 Å². The van der Waals surface area contributed by atoms with Gasteiger partial charge in [0.25, 0.3) is 0 Å². The van der Waals surface area contributed by atoms with E-state index in [1.165, 1.54) is 17.6 Å². The van der Waals surface area contributed by atoms with Crippen LogP contribution >= 0.6 is 0 Å². The zero-order valence-corrected chi connectivity index (χ0v) is 13.5. The summed E-state index contributed by atoms with van der Waals surface area (Å²) >= 11 is 0. The van der Waals surface area contributed by atoms with Crippen LogP contribution in [0.1, 0.15) is 23.6 Å². The molecule has 1 N–H and O–H groups in total. The van der Waals surface area contributed by atoms with Gasteiger partial charge in [0.1, 0.15) is 24.0 Å². The van der Waals surface area contributed by atoms with Gasteiger partial charge in [-0.3, -0.25) is 0 Å². The maximum Gasteiger partial charge on any atom is 0.133 e. The van der Waals surface area contributed by atoms with E-state index in [4.69, 9.17) is 4.74 Å². The molecule has 0 saturated carbocycles. The molecule has 5 heteroatoms. The van der Waals surface area contributed by atoms with Crippen LogP contribution < -0.4 is 10.1 Å². The molecule has 1 aromatic heterocycles. The Morgan fingerprint density at radius 1 is 1.30 bits per heavy atom. The summed E-state index contributed by atoms with van der Waals surface area (Å²) < 4.78 is 8.06. The lowest BCUT2D eigenvalue weighted by Crippen LogP contribution is -2.32. The van der Waals surface area contributed by atoms with Crippen LogP contribution in [0, 0.1) is 12.8 Å². The maximum absolute atomic E-state index is 5.80. The molecule has 1 aromatic carbocycles. The van der Waals surface area contributed by atoms with Crippen LogP contribution in [0.25, 0.3) is 6.08 Å². The second kappa shape index (κ2) is 6.16. The Balaban J connectivity index is 1.32. The summed E-state index contributed by atoms with van der Waals surface area (Å²) in [6.07, 6.45) is 4.46. The summed E-state index contributed by atoms with van der Waals surface area (Å²) in [6.45, 7) is 5.66. The number of rotatable bonds is 4. The first-order valence-corrected chi connectivity index (χ1v) is 8.30. The van der Waals surface area contributed by atoms with E-state index in [0.29, 0.717) is 12.5 Å². The largest absolute Gasteiger partial charge is 0.489 e. The first-order valence-electron chi connectivity index (χ1n) is 8.30. The molecular weight excluding hydrogens is 288 g/mol. The van der Waals surface area contributed by atoms with Gasteiger partial charge in [-0.2, -0.15) is 0 Å². The lowest BCUT2D eigenvalue weighted by atomic mass is 9.99. The predicted molar refractivity (Wildman–Crippen MR) is 89.4 cm³/mol. The van der Waals surface area contributed by atoms with Gasteiger partial charge in [0, 0.05) is 25.1 Å². The molecule has 2 aliphatic heterocycles. The number of ether oxygens (including phenoxy) is 1. The van der Waals surface area contributed by atoms with Crippen molar-refractivity contribution in [1.82, 2.24) is 20.1 Å². The normalized spacial score (nSPS) is 19.5. The van der Waals surface area contributed by atoms with Crippen LogP contribution in [0.4, 0.5) is 0 Å². The lowest BCUT2D eigenvalue weighted by molar-refractivity contribution is 0.330. The average Bonchev–Trinajstić information content (AvgIpc) is 2.96. The number of aromatic nitrogens is 3. The third-order valence-corrected chi connectivity index (χ3v) is 4.71. The molecule has 0 bridgehead atoms. The summed E-state index contributed by atoms with van der Waals surface area (Å²) in [5.74, 6) is 3.80. The van der Waals surface area contributed by atoms with Gasteiger partial charge >= 0.3 is 0 Å². The van der Waals surface area contributed by atoms with E-state index in [9.17, 15) is 0 Å². The molecule has 0 radical (unpaired) electrons. The number of nitrogens with one attached hydrogen (secondary N) is 1. The highest BCUT2D eigenvalue weighted by Gasteiger charge is 2.21. The Morgan fingerprint density at radius 2 is 2.22 bits per heavy atom. The van der Waals surface area contributed by atoms with E-state index in [-0.39, 0.29) is 0 Å². The summed E-state index contributed by atoms with van der Waals surface area (Å²) in [5.41, 5.74) is 2.48. The fourth-order valence-corrected chi connectivity index (χ4v) is 3.40. The number of aryl methyl sites for hydroxylation is 2. The molecule has 2 aliphatic rings. The SMILES string of the molecule is Cc1nnc2n1C[C@H](CNCC1=Cc3ccccc3OC1)CC2. The molecule has 3 heterocycles. The number of benzene rings is 1. The fourth-order valence-electron chi connectivity index (χ4n) is 3.40. The average molecular weight is 310 g/mol.